The van der Waals surface area contributed by atoms with Crippen LogP contribution in [-0.4, -0.2) is 33.0 Å². The quantitative estimate of drug-likeness (QED) is 0.872. The number of amides is 1. The van der Waals surface area contributed by atoms with Crippen LogP contribution < -0.4 is 5.69 Å². The number of hydrogen-bond acceptors (Lipinski definition) is 2. The summed E-state index contributed by atoms with van der Waals surface area (Å²) in [6, 6.07) is 7.93. The molecule has 1 aliphatic carbocycles. The SMILES string of the molecule is CN(C(=O)Cn1c(=O)n(C)c2ccccc21)C1CCCCC1. The van der Waals surface area contributed by atoms with Crippen LogP contribution in [0.2, 0.25) is 0 Å². The molecule has 1 aromatic heterocycles. The fraction of sp³-hybridized carbons (Fsp3) is 0.529. The molecule has 2 aromatic rings. The molecule has 1 amide bonds. The van der Waals surface area contributed by atoms with E-state index in [1.165, 1.54) is 19.3 Å². The second-order valence-corrected chi connectivity index (χ2v) is 6.21. The first-order valence-corrected chi connectivity index (χ1v) is 7.99. The molecule has 0 N–H and O–H groups in total. The topological polar surface area (TPSA) is 47.2 Å². The zero-order chi connectivity index (χ0) is 15.7. The molecular weight excluding hydrogens is 278 g/mol. The van der Waals surface area contributed by atoms with Gasteiger partial charge in [-0.2, -0.15) is 0 Å². The molecule has 118 valence electrons. The Morgan fingerprint density at radius 1 is 1.18 bits per heavy atom. The van der Waals surface area contributed by atoms with Gasteiger partial charge in [-0.1, -0.05) is 31.4 Å². The standard InChI is InChI=1S/C17H23N3O2/c1-18(13-8-4-3-5-9-13)16(21)12-20-15-11-7-6-10-14(15)19(2)17(20)22/h6-7,10-11,13H,3-5,8-9,12H2,1-2H3. The molecule has 1 aliphatic rings. The minimum Gasteiger partial charge on any atom is -0.341 e. The number of rotatable bonds is 3. The third-order valence-electron chi connectivity index (χ3n) is 4.86. The van der Waals surface area contributed by atoms with E-state index >= 15 is 0 Å². The van der Waals surface area contributed by atoms with Crippen molar-refractivity contribution in [1.29, 1.82) is 0 Å². The first-order chi connectivity index (χ1) is 10.6. The molecular formula is C17H23N3O2. The van der Waals surface area contributed by atoms with Gasteiger partial charge in [-0.25, -0.2) is 4.79 Å². The molecule has 22 heavy (non-hydrogen) atoms. The van der Waals surface area contributed by atoms with Crippen molar-refractivity contribution < 1.29 is 4.79 Å². The molecule has 0 bridgehead atoms. The van der Waals surface area contributed by atoms with Crippen LogP contribution in [0.4, 0.5) is 0 Å². The lowest BCUT2D eigenvalue weighted by Crippen LogP contribution is -2.41. The van der Waals surface area contributed by atoms with E-state index in [0.717, 1.165) is 23.9 Å². The predicted octanol–water partition coefficient (Wildman–Crippen LogP) is 2.13. The van der Waals surface area contributed by atoms with Gasteiger partial charge in [-0.15, -0.1) is 0 Å². The molecule has 1 saturated carbocycles. The largest absolute Gasteiger partial charge is 0.341 e. The van der Waals surface area contributed by atoms with Gasteiger partial charge in [0.25, 0.3) is 0 Å². The highest BCUT2D eigenvalue weighted by Gasteiger charge is 2.23. The zero-order valence-electron chi connectivity index (χ0n) is 13.3. The summed E-state index contributed by atoms with van der Waals surface area (Å²) >= 11 is 0. The molecule has 0 spiro atoms. The second kappa shape index (κ2) is 5.99. The van der Waals surface area contributed by atoms with Crippen molar-refractivity contribution >= 4 is 16.9 Å². The number of para-hydroxylation sites is 2. The van der Waals surface area contributed by atoms with Gasteiger partial charge in [-0.3, -0.25) is 13.9 Å². The Labute approximate surface area is 130 Å². The molecule has 1 heterocycles. The summed E-state index contributed by atoms with van der Waals surface area (Å²) in [5, 5.41) is 0. The summed E-state index contributed by atoms with van der Waals surface area (Å²) in [4.78, 5) is 26.8. The van der Waals surface area contributed by atoms with Crippen molar-refractivity contribution in [1.82, 2.24) is 14.0 Å². The minimum absolute atomic E-state index is 0.0188. The van der Waals surface area contributed by atoms with Gasteiger partial charge in [0.05, 0.1) is 11.0 Å². The molecule has 0 unspecified atom stereocenters. The maximum atomic E-state index is 12.6. The van der Waals surface area contributed by atoms with Gasteiger partial charge < -0.3 is 4.90 Å². The number of benzene rings is 1. The number of nitrogens with zero attached hydrogens (tertiary/aromatic N) is 3. The number of aromatic nitrogens is 2. The molecule has 3 rings (SSSR count). The van der Waals surface area contributed by atoms with Gasteiger partial charge in [0, 0.05) is 20.1 Å². The van der Waals surface area contributed by atoms with Crippen molar-refractivity contribution in [3.63, 3.8) is 0 Å². The fourth-order valence-electron chi connectivity index (χ4n) is 3.43. The summed E-state index contributed by atoms with van der Waals surface area (Å²) < 4.78 is 3.18. The van der Waals surface area contributed by atoms with E-state index in [2.05, 4.69) is 0 Å². The van der Waals surface area contributed by atoms with Crippen molar-refractivity contribution in [3.05, 3.63) is 34.7 Å². The zero-order valence-corrected chi connectivity index (χ0v) is 13.3. The van der Waals surface area contributed by atoms with Crippen LogP contribution >= 0.6 is 0 Å². The van der Waals surface area contributed by atoms with E-state index in [0.29, 0.717) is 6.04 Å². The Hall–Kier alpha value is -2.04. The summed E-state index contributed by atoms with van der Waals surface area (Å²) in [6.45, 7) is 0.118. The Balaban J connectivity index is 1.85. The van der Waals surface area contributed by atoms with Crippen molar-refractivity contribution in [2.75, 3.05) is 7.05 Å². The molecule has 5 nitrogen and oxygen atoms in total. The second-order valence-electron chi connectivity index (χ2n) is 6.21. The predicted molar refractivity (Wildman–Crippen MR) is 86.8 cm³/mol. The lowest BCUT2D eigenvalue weighted by atomic mass is 9.94. The van der Waals surface area contributed by atoms with Crippen LogP contribution in [0.3, 0.4) is 0 Å². The van der Waals surface area contributed by atoms with Crippen molar-refractivity contribution in [2.45, 2.75) is 44.7 Å². The van der Waals surface area contributed by atoms with Crippen molar-refractivity contribution in [2.24, 2.45) is 7.05 Å². The normalized spacial score (nSPS) is 16.1. The summed E-state index contributed by atoms with van der Waals surface area (Å²) in [6.07, 6.45) is 5.80. The van der Waals surface area contributed by atoms with Crippen LogP contribution in [0.15, 0.2) is 29.1 Å². The van der Waals surface area contributed by atoms with Gasteiger partial charge >= 0.3 is 5.69 Å². The molecule has 0 aliphatic heterocycles. The minimum atomic E-state index is -0.133. The number of fused-ring (bicyclic) bond motifs is 1. The number of hydrogen-bond donors (Lipinski definition) is 0. The maximum Gasteiger partial charge on any atom is 0.329 e. The third-order valence-corrected chi connectivity index (χ3v) is 4.86. The van der Waals surface area contributed by atoms with Gasteiger partial charge in [0.1, 0.15) is 6.54 Å². The van der Waals surface area contributed by atoms with Crippen LogP contribution in [0.5, 0.6) is 0 Å². The van der Waals surface area contributed by atoms with Crippen molar-refractivity contribution in [3.8, 4) is 0 Å². The average molecular weight is 301 g/mol. The summed E-state index contributed by atoms with van der Waals surface area (Å²) in [5.41, 5.74) is 1.55. The van der Waals surface area contributed by atoms with E-state index in [4.69, 9.17) is 0 Å². The van der Waals surface area contributed by atoms with Gasteiger partial charge in [0.15, 0.2) is 0 Å². The fourth-order valence-corrected chi connectivity index (χ4v) is 3.43. The van der Waals surface area contributed by atoms with Gasteiger partial charge in [0.2, 0.25) is 5.91 Å². The maximum absolute atomic E-state index is 12.6. The highest BCUT2D eigenvalue weighted by Crippen LogP contribution is 2.22. The Kier molecular flexibility index (Phi) is 4.05. The monoisotopic (exact) mass is 301 g/mol. The van der Waals surface area contributed by atoms with Crippen LogP contribution in [0.25, 0.3) is 11.0 Å². The highest BCUT2D eigenvalue weighted by molar-refractivity contribution is 5.81. The van der Waals surface area contributed by atoms with E-state index in [1.807, 2.05) is 36.2 Å². The Bertz CT molecular complexity index is 738. The third kappa shape index (κ3) is 2.56. The van der Waals surface area contributed by atoms with E-state index in [9.17, 15) is 9.59 Å². The van der Waals surface area contributed by atoms with Gasteiger partial charge in [-0.05, 0) is 25.0 Å². The Morgan fingerprint density at radius 2 is 1.82 bits per heavy atom. The molecule has 5 heteroatoms. The number of imidazole rings is 1. The van der Waals surface area contributed by atoms with Crippen LogP contribution in [0, 0.1) is 0 Å². The molecule has 1 aromatic carbocycles. The number of likely N-dealkylation sites (N-methyl/N-ethyl adjacent to an activating group) is 1. The van der Waals surface area contributed by atoms with E-state index in [-0.39, 0.29) is 18.1 Å². The van der Waals surface area contributed by atoms with Crippen LogP contribution in [-0.2, 0) is 18.4 Å². The Morgan fingerprint density at radius 3 is 2.50 bits per heavy atom. The number of carbonyl (C=O) groups is 1. The molecule has 0 saturated heterocycles. The van der Waals surface area contributed by atoms with E-state index < -0.39 is 0 Å². The smallest absolute Gasteiger partial charge is 0.329 e. The summed E-state index contributed by atoms with van der Waals surface area (Å²) in [5.74, 6) is 0.0188. The number of aryl methyl sites for hydroxylation is 1. The number of carbonyl (C=O) groups excluding carboxylic acids is 1. The highest BCUT2D eigenvalue weighted by atomic mass is 16.2. The molecule has 1 fully saturated rings. The average Bonchev–Trinajstić information content (AvgIpc) is 2.80. The lowest BCUT2D eigenvalue weighted by molar-refractivity contribution is -0.133. The first-order valence-electron chi connectivity index (χ1n) is 7.99. The molecule has 0 radical (unpaired) electrons. The van der Waals surface area contributed by atoms with E-state index in [1.54, 1.807) is 16.2 Å². The first kappa shape index (κ1) is 14.9. The lowest BCUT2D eigenvalue weighted by Gasteiger charge is -2.31. The summed E-state index contributed by atoms with van der Waals surface area (Å²) in [7, 11) is 3.62. The molecule has 0 atom stereocenters. The van der Waals surface area contributed by atoms with Crippen LogP contribution in [0.1, 0.15) is 32.1 Å².